The molecule has 1 saturated carbocycles. The molecule has 5 rings (SSSR count). The minimum Gasteiger partial charge on any atom is -0.447 e. The third-order valence-electron chi connectivity index (χ3n) is 6.86. The van der Waals surface area contributed by atoms with Crippen LogP contribution in [-0.2, 0) is 22.4 Å². The highest BCUT2D eigenvalue weighted by Crippen LogP contribution is 2.26. The number of carbonyl (C=O) groups is 2. The molecule has 2 amide bonds. The maximum Gasteiger partial charge on any atom is 0.437 e. The molecule has 0 bridgehead atoms. The number of hydrogen-bond acceptors (Lipinski definition) is 7. The Kier molecular flexibility index (Phi) is 13.9. The zero-order valence-electron chi connectivity index (χ0n) is 26.2. The maximum absolute atomic E-state index is 12.3. The SMILES string of the molecule is CC(C)=NOC(=O)Nc1ccccc1.CC(C)OC(=O)Nc1cccc(Cl)c1.O=c1[nH]c2c(c(=O)n1C1CCCCC1)CCC2. The number of ether oxygens (including phenoxy) is 1. The average molecular weight is 640 g/mol. The van der Waals surface area contributed by atoms with Gasteiger partial charge in [-0.1, -0.05) is 60.3 Å². The number of carbonyl (C=O) groups excluding carboxylic acids is 2. The number of halogens is 1. The fourth-order valence-corrected chi connectivity index (χ4v) is 5.13. The zero-order chi connectivity index (χ0) is 32.8. The number of oxime groups is 1. The second kappa shape index (κ2) is 17.8. The van der Waals surface area contributed by atoms with E-state index in [-0.39, 0.29) is 23.4 Å². The number of H-pyrrole nitrogens is 1. The molecule has 0 atom stereocenters. The van der Waals surface area contributed by atoms with Gasteiger partial charge >= 0.3 is 17.9 Å². The summed E-state index contributed by atoms with van der Waals surface area (Å²) in [6, 6.07) is 16.1. The van der Waals surface area contributed by atoms with Gasteiger partial charge in [0.05, 0.1) is 11.8 Å². The van der Waals surface area contributed by atoms with Gasteiger partial charge in [-0.2, -0.15) is 0 Å². The van der Waals surface area contributed by atoms with Crippen molar-refractivity contribution in [3.63, 3.8) is 0 Å². The third-order valence-corrected chi connectivity index (χ3v) is 7.09. The van der Waals surface area contributed by atoms with Crippen LogP contribution in [0.5, 0.6) is 0 Å². The highest BCUT2D eigenvalue weighted by atomic mass is 35.5. The van der Waals surface area contributed by atoms with Crippen LogP contribution in [0.2, 0.25) is 5.02 Å². The van der Waals surface area contributed by atoms with Crippen molar-refractivity contribution < 1.29 is 19.2 Å². The lowest BCUT2D eigenvalue weighted by atomic mass is 9.95. The first-order valence-electron chi connectivity index (χ1n) is 15.2. The third kappa shape index (κ3) is 11.9. The van der Waals surface area contributed by atoms with Crippen LogP contribution in [0.15, 0.2) is 69.3 Å². The van der Waals surface area contributed by atoms with Crippen LogP contribution in [0.25, 0.3) is 0 Å². The van der Waals surface area contributed by atoms with Gasteiger partial charge in [-0.3, -0.25) is 24.8 Å². The lowest BCUT2D eigenvalue weighted by Crippen LogP contribution is -2.40. The average Bonchev–Trinajstić information content (AvgIpc) is 3.46. The first-order chi connectivity index (χ1) is 21.5. The van der Waals surface area contributed by atoms with E-state index in [4.69, 9.17) is 16.3 Å². The Morgan fingerprint density at radius 2 is 1.58 bits per heavy atom. The van der Waals surface area contributed by atoms with Gasteiger partial charge in [0.25, 0.3) is 5.56 Å². The predicted molar refractivity (Wildman–Crippen MR) is 177 cm³/mol. The molecule has 0 aliphatic heterocycles. The van der Waals surface area contributed by atoms with Gasteiger partial charge in [0.1, 0.15) is 0 Å². The van der Waals surface area contributed by atoms with Crippen molar-refractivity contribution in [3.8, 4) is 0 Å². The van der Waals surface area contributed by atoms with Crippen molar-refractivity contribution >= 4 is 40.9 Å². The maximum atomic E-state index is 12.3. The fraction of sp³-hybridized carbons (Fsp3) is 0.424. The number of amides is 2. The summed E-state index contributed by atoms with van der Waals surface area (Å²) in [5, 5.41) is 9.20. The molecule has 2 aromatic carbocycles. The molecule has 2 aliphatic rings. The van der Waals surface area contributed by atoms with Crippen LogP contribution >= 0.6 is 11.6 Å². The second-order valence-electron chi connectivity index (χ2n) is 11.2. The number of aromatic nitrogens is 2. The van der Waals surface area contributed by atoms with E-state index in [2.05, 4.69) is 25.6 Å². The molecule has 1 aromatic heterocycles. The number of nitrogens with one attached hydrogen (secondary N) is 3. The van der Waals surface area contributed by atoms with Crippen molar-refractivity contribution in [1.29, 1.82) is 0 Å². The summed E-state index contributed by atoms with van der Waals surface area (Å²) in [7, 11) is 0. The number of para-hydroxylation sites is 1. The van der Waals surface area contributed by atoms with E-state index in [1.165, 1.54) is 11.0 Å². The van der Waals surface area contributed by atoms with Crippen molar-refractivity contribution in [2.45, 2.75) is 91.2 Å². The van der Waals surface area contributed by atoms with Crippen molar-refractivity contribution in [2.75, 3.05) is 10.6 Å². The molecule has 3 N–H and O–H groups in total. The largest absolute Gasteiger partial charge is 0.447 e. The van der Waals surface area contributed by atoms with Crippen LogP contribution in [0.4, 0.5) is 21.0 Å². The molecule has 12 heteroatoms. The minimum absolute atomic E-state index is 0.0202. The molecular weight excluding hydrogens is 598 g/mol. The molecule has 0 spiro atoms. The molecule has 1 heterocycles. The number of aromatic amines is 1. The fourth-order valence-electron chi connectivity index (χ4n) is 4.94. The summed E-state index contributed by atoms with van der Waals surface area (Å²) in [5.41, 5.74) is 3.52. The smallest absolute Gasteiger partial charge is 0.437 e. The molecule has 0 unspecified atom stereocenters. The topological polar surface area (TPSA) is 144 Å². The van der Waals surface area contributed by atoms with Crippen LogP contribution in [-0.4, -0.2) is 33.6 Å². The van der Waals surface area contributed by atoms with Gasteiger partial charge in [-0.15, -0.1) is 0 Å². The van der Waals surface area contributed by atoms with Gasteiger partial charge in [0.2, 0.25) is 0 Å². The summed E-state index contributed by atoms with van der Waals surface area (Å²) in [5.74, 6) is 0. The van der Waals surface area contributed by atoms with Crippen LogP contribution in [0.1, 0.15) is 83.5 Å². The van der Waals surface area contributed by atoms with E-state index in [9.17, 15) is 19.2 Å². The Balaban J connectivity index is 0.000000186. The van der Waals surface area contributed by atoms with E-state index >= 15 is 0 Å². The lowest BCUT2D eigenvalue weighted by molar-refractivity contribution is 0.130. The molecule has 0 radical (unpaired) electrons. The standard InChI is InChI=1S/C13H18N2O2.C10H12ClNO2.C10H12N2O2/c16-12-10-7-4-8-11(10)14-13(17)15(12)9-5-2-1-3-6-9;1-7(2)14-10(13)12-9-5-3-4-8(11)6-9;1-8(2)12-14-10(13)11-9-6-4-3-5-7-9/h9H,1-8H2,(H,14,17);3-7H,1-2H3,(H,12,13);3-7H,1-2H3,(H,11,13). The molecule has 11 nitrogen and oxygen atoms in total. The Bertz CT molecular complexity index is 1560. The van der Waals surface area contributed by atoms with Gasteiger partial charge < -0.3 is 9.72 Å². The van der Waals surface area contributed by atoms with E-state index in [1.807, 2.05) is 18.2 Å². The number of nitrogens with zero attached hydrogens (tertiary/aromatic N) is 2. The van der Waals surface area contributed by atoms with Crippen LogP contribution < -0.4 is 21.9 Å². The van der Waals surface area contributed by atoms with Gasteiger partial charge in [-0.25, -0.2) is 14.4 Å². The number of rotatable bonds is 5. The second-order valence-corrected chi connectivity index (χ2v) is 11.6. The Morgan fingerprint density at radius 3 is 2.22 bits per heavy atom. The summed E-state index contributed by atoms with van der Waals surface area (Å²) in [6.45, 7) is 7.07. The zero-order valence-corrected chi connectivity index (χ0v) is 27.0. The number of hydrogen-bond donors (Lipinski definition) is 3. The molecule has 1 fully saturated rings. The molecule has 3 aromatic rings. The predicted octanol–water partition coefficient (Wildman–Crippen LogP) is 7.46. The van der Waals surface area contributed by atoms with Gasteiger partial charge in [0.15, 0.2) is 0 Å². The van der Waals surface area contributed by atoms with Crippen molar-refractivity contribution in [1.82, 2.24) is 9.55 Å². The highest BCUT2D eigenvalue weighted by Gasteiger charge is 2.24. The van der Waals surface area contributed by atoms with Gasteiger partial charge in [-0.05, 0) is 90.1 Å². The van der Waals surface area contributed by atoms with Crippen LogP contribution in [0.3, 0.4) is 0 Å². The molecule has 0 saturated heterocycles. The van der Waals surface area contributed by atoms with Crippen LogP contribution in [0, 0.1) is 0 Å². The molecular formula is C33H42ClN5O6. The van der Waals surface area contributed by atoms with E-state index in [0.717, 1.165) is 56.2 Å². The molecule has 2 aliphatic carbocycles. The summed E-state index contributed by atoms with van der Waals surface area (Å²) in [4.78, 5) is 54.0. The number of fused-ring (bicyclic) bond motifs is 1. The van der Waals surface area contributed by atoms with Crippen molar-refractivity contribution in [2.24, 2.45) is 5.16 Å². The first kappa shape index (κ1) is 35.1. The lowest BCUT2D eigenvalue weighted by Gasteiger charge is -2.23. The number of anilines is 2. The monoisotopic (exact) mass is 639 g/mol. The molecule has 242 valence electrons. The highest BCUT2D eigenvalue weighted by molar-refractivity contribution is 6.30. The van der Waals surface area contributed by atoms with E-state index < -0.39 is 12.2 Å². The van der Waals surface area contributed by atoms with Crippen molar-refractivity contribution in [3.05, 3.63) is 91.7 Å². The Labute approximate surface area is 268 Å². The van der Waals surface area contributed by atoms with Gasteiger partial charge in [0, 0.05) is 33.7 Å². The normalized spacial score (nSPS) is 13.6. The quantitative estimate of drug-likeness (QED) is 0.150. The Hall–Kier alpha value is -4.38. The summed E-state index contributed by atoms with van der Waals surface area (Å²) in [6.07, 6.45) is 6.94. The number of benzene rings is 2. The van der Waals surface area contributed by atoms with E-state index in [0.29, 0.717) is 22.1 Å². The molecule has 45 heavy (non-hydrogen) atoms. The van der Waals surface area contributed by atoms with E-state index in [1.54, 1.807) is 64.1 Å². The summed E-state index contributed by atoms with van der Waals surface area (Å²) >= 11 is 5.74. The Morgan fingerprint density at radius 1 is 0.911 bits per heavy atom. The number of aryl methyl sites for hydroxylation is 1. The minimum atomic E-state index is -0.586. The first-order valence-corrected chi connectivity index (χ1v) is 15.5. The summed E-state index contributed by atoms with van der Waals surface area (Å²) < 4.78 is 6.39.